The van der Waals surface area contributed by atoms with E-state index >= 15 is 0 Å². The van der Waals surface area contributed by atoms with E-state index in [1.165, 1.54) is 0 Å². The Balaban J connectivity index is 2.30. The summed E-state index contributed by atoms with van der Waals surface area (Å²) in [5.74, 6) is 1.59. The number of amides is 2. The Morgan fingerprint density at radius 3 is 2.61 bits per heavy atom. The Morgan fingerprint density at radius 1 is 1.44 bits per heavy atom. The first-order chi connectivity index (χ1) is 8.50. The van der Waals surface area contributed by atoms with Crippen molar-refractivity contribution >= 4 is 12.0 Å². The summed E-state index contributed by atoms with van der Waals surface area (Å²) >= 11 is 0. The first-order valence-electron chi connectivity index (χ1n) is 6.23. The van der Waals surface area contributed by atoms with Gasteiger partial charge >= 0.3 is 12.0 Å². The normalized spacial score (nSPS) is 17.3. The molecule has 18 heavy (non-hydrogen) atoms. The van der Waals surface area contributed by atoms with E-state index in [4.69, 9.17) is 11.5 Å². The molecule has 1 fully saturated rings. The van der Waals surface area contributed by atoms with Gasteiger partial charge in [0.25, 0.3) is 0 Å². The standard InChI is InChI=1S/C13H20N2O3/c1-3-4-5-6-9-14-12(18)15-13(2,11(16)17)10-7-8-10/h1,10H,4-9H2,2H3,(H,16,17)(H2,14,15,18). The Labute approximate surface area is 107 Å². The zero-order valence-corrected chi connectivity index (χ0v) is 10.7. The highest BCUT2D eigenvalue weighted by atomic mass is 16.4. The summed E-state index contributed by atoms with van der Waals surface area (Å²) in [6, 6.07) is -0.424. The number of hydrogen-bond donors (Lipinski definition) is 3. The molecule has 0 aliphatic heterocycles. The van der Waals surface area contributed by atoms with E-state index in [1.54, 1.807) is 6.92 Å². The maximum atomic E-state index is 11.6. The smallest absolute Gasteiger partial charge is 0.329 e. The molecule has 2 amide bonds. The van der Waals surface area contributed by atoms with E-state index in [0.29, 0.717) is 13.0 Å². The molecule has 1 unspecified atom stereocenters. The summed E-state index contributed by atoms with van der Waals surface area (Å²) < 4.78 is 0. The van der Waals surface area contributed by atoms with E-state index in [1.807, 2.05) is 0 Å². The monoisotopic (exact) mass is 252 g/mol. The van der Waals surface area contributed by atoms with Crippen molar-refractivity contribution in [3.63, 3.8) is 0 Å². The zero-order valence-electron chi connectivity index (χ0n) is 10.7. The van der Waals surface area contributed by atoms with Crippen molar-refractivity contribution < 1.29 is 14.7 Å². The molecule has 0 bridgehead atoms. The van der Waals surface area contributed by atoms with Crippen LogP contribution in [0, 0.1) is 18.3 Å². The number of carboxylic acid groups (broad SMARTS) is 1. The Hall–Kier alpha value is -1.70. The predicted octanol–water partition coefficient (Wildman–Crippen LogP) is 1.34. The highest BCUT2D eigenvalue weighted by Crippen LogP contribution is 2.39. The number of urea groups is 1. The number of hydrogen-bond acceptors (Lipinski definition) is 2. The van der Waals surface area contributed by atoms with Gasteiger partial charge in [-0.3, -0.25) is 0 Å². The number of carbonyl (C=O) groups excluding carboxylic acids is 1. The lowest BCUT2D eigenvalue weighted by atomic mass is 9.96. The van der Waals surface area contributed by atoms with E-state index in [2.05, 4.69) is 16.6 Å². The second-order valence-electron chi connectivity index (χ2n) is 4.82. The SMILES string of the molecule is C#CCCCCNC(=O)NC(C)(C(=O)O)C1CC1. The molecule has 0 spiro atoms. The van der Waals surface area contributed by atoms with Crippen LogP contribution < -0.4 is 10.6 Å². The van der Waals surface area contributed by atoms with Crippen LogP contribution in [0.4, 0.5) is 4.79 Å². The third kappa shape index (κ3) is 3.95. The van der Waals surface area contributed by atoms with E-state index < -0.39 is 17.5 Å². The van der Waals surface area contributed by atoms with Crippen molar-refractivity contribution in [1.82, 2.24) is 10.6 Å². The minimum absolute atomic E-state index is 0.0437. The van der Waals surface area contributed by atoms with Gasteiger partial charge < -0.3 is 15.7 Å². The van der Waals surface area contributed by atoms with Crippen LogP contribution in [0.3, 0.4) is 0 Å². The van der Waals surface area contributed by atoms with Crippen molar-refractivity contribution in [1.29, 1.82) is 0 Å². The first kappa shape index (κ1) is 14.4. The highest BCUT2D eigenvalue weighted by molar-refractivity contribution is 5.86. The largest absolute Gasteiger partial charge is 0.480 e. The molecule has 1 saturated carbocycles. The van der Waals surface area contributed by atoms with Gasteiger partial charge in [-0.15, -0.1) is 12.3 Å². The van der Waals surface area contributed by atoms with Crippen LogP contribution in [-0.4, -0.2) is 29.2 Å². The molecule has 0 saturated heterocycles. The lowest BCUT2D eigenvalue weighted by molar-refractivity contribution is -0.144. The van der Waals surface area contributed by atoms with Gasteiger partial charge in [-0.05, 0) is 38.5 Å². The molecule has 1 aliphatic rings. The third-order valence-corrected chi connectivity index (χ3v) is 3.24. The molecule has 0 aromatic heterocycles. The number of terminal acetylenes is 1. The van der Waals surface area contributed by atoms with Crippen LogP contribution in [0.5, 0.6) is 0 Å². The van der Waals surface area contributed by atoms with Crippen molar-refractivity contribution in [2.24, 2.45) is 5.92 Å². The Kier molecular flexibility index (Phi) is 5.02. The summed E-state index contributed by atoms with van der Waals surface area (Å²) in [6.07, 6.45) is 9.16. The molecule has 3 N–H and O–H groups in total. The molecular weight excluding hydrogens is 232 g/mol. The third-order valence-electron chi connectivity index (χ3n) is 3.24. The molecule has 100 valence electrons. The zero-order chi connectivity index (χ0) is 13.6. The van der Waals surface area contributed by atoms with Crippen molar-refractivity contribution in [2.45, 2.75) is 44.6 Å². The summed E-state index contributed by atoms with van der Waals surface area (Å²) in [7, 11) is 0. The number of carboxylic acids is 1. The lowest BCUT2D eigenvalue weighted by Crippen LogP contribution is -2.56. The number of carbonyl (C=O) groups is 2. The molecule has 0 heterocycles. The van der Waals surface area contributed by atoms with Crippen LogP contribution in [0.2, 0.25) is 0 Å². The number of unbranched alkanes of at least 4 members (excludes halogenated alkanes) is 2. The molecule has 1 rings (SSSR count). The Morgan fingerprint density at radius 2 is 2.11 bits per heavy atom. The molecule has 1 atom stereocenters. The maximum absolute atomic E-state index is 11.6. The predicted molar refractivity (Wildman–Crippen MR) is 68.0 cm³/mol. The molecule has 1 aliphatic carbocycles. The lowest BCUT2D eigenvalue weighted by Gasteiger charge is -2.26. The fourth-order valence-electron chi connectivity index (χ4n) is 1.82. The van der Waals surface area contributed by atoms with E-state index in [0.717, 1.165) is 25.7 Å². The molecule has 0 radical (unpaired) electrons. The average molecular weight is 252 g/mol. The first-order valence-corrected chi connectivity index (χ1v) is 6.23. The van der Waals surface area contributed by atoms with Gasteiger partial charge in [0.05, 0.1) is 0 Å². The van der Waals surface area contributed by atoms with Crippen LogP contribution in [0.25, 0.3) is 0 Å². The van der Waals surface area contributed by atoms with Crippen molar-refractivity contribution in [3.8, 4) is 12.3 Å². The fraction of sp³-hybridized carbons (Fsp3) is 0.692. The fourth-order valence-corrected chi connectivity index (χ4v) is 1.82. The van der Waals surface area contributed by atoms with Crippen molar-refractivity contribution in [2.75, 3.05) is 6.54 Å². The molecule has 5 heteroatoms. The van der Waals surface area contributed by atoms with Gasteiger partial charge in [-0.2, -0.15) is 0 Å². The van der Waals surface area contributed by atoms with Gasteiger partial charge in [0.1, 0.15) is 5.54 Å². The van der Waals surface area contributed by atoms with Gasteiger partial charge in [-0.25, -0.2) is 9.59 Å². The topological polar surface area (TPSA) is 78.4 Å². The molecule has 0 aromatic rings. The summed E-state index contributed by atoms with van der Waals surface area (Å²) in [5.41, 5.74) is -1.15. The number of nitrogens with one attached hydrogen (secondary N) is 2. The highest BCUT2D eigenvalue weighted by Gasteiger charge is 2.48. The number of aliphatic carboxylic acids is 1. The summed E-state index contributed by atoms with van der Waals surface area (Å²) in [5, 5.41) is 14.4. The Bertz CT molecular complexity index is 358. The van der Waals surface area contributed by atoms with Crippen LogP contribution in [0.15, 0.2) is 0 Å². The van der Waals surface area contributed by atoms with Gasteiger partial charge in [0.15, 0.2) is 0 Å². The minimum atomic E-state index is -1.15. The molecule has 5 nitrogen and oxygen atoms in total. The minimum Gasteiger partial charge on any atom is -0.480 e. The number of rotatable bonds is 7. The van der Waals surface area contributed by atoms with Crippen LogP contribution >= 0.6 is 0 Å². The quantitative estimate of drug-likeness (QED) is 0.472. The van der Waals surface area contributed by atoms with Gasteiger partial charge in [-0.1, -0.05) is 0 Å². The van der Waals surface area contributed by atoms with Gasteiger partial charge in [0.2, 0.25) is 0 Å². The van der Waals surface area contributed by atoms with Crippen LogP contribution in [0.1, 0.15) is 39.0 Å². The summed E-state index contributed by atoms with van der Waals surface area (Å²) in [4.78, 5) is 22.8. The van der Waals surface area contributed by atoms with E-state index in [9.17, 15) is 9.59 Å². The van der Waals surface area contributed by atoms with E-state index in [-0.39, 0.29) is 5.92 Å². The second kappa shape index (κ2) is 6.29. The van der Waals surface area contributed by atoms with Crippen molar-refractivity contribution in [3.05, 3.63) is 0 Å². The molecule has 0 aromatic carbocycles. The van der Waals surface area contributed by atoms with Gasteiger partial charge in [0, 0.05) is 13.0 Å². The molecular formula is C13H20N2O3. The second-order valence-corrected chi connectivity index (χ2v) is 4.82. The average Bonchev–Trinajstić information content (AvgIpc) is 3.12. The van der Waals surface area contributed by atoms with Crippen LogP contribution in [-0.2, 0) is 4.79 Å². The summed E-state index contributed by atoms with van der Waals surface area (Å²) in [6.45, 7) is 2.07. The maximum Gasteiger partial charge on any atom is 0.329 e.